The van der Waals surface area contributed by atoms with E-state index >= 15 is 0 Å². The number of carbonyl (C=O) groups is 1. The normalized spacial score (nSPS) is 12.0. The van der Waals surface area contributed by atoms with Crippen LogP contribution in [0.2, 0.25) is 0 Å². The van der Waals surface area contributed by atoms with Crippen molar-refractivity contribution in [1.82, 2.24) is 0 Å². The summed E-state index contributed by atoms with van der Waals surface area (Å²) in [7, 11) is 0. The molecule has 0 aliphatic heterocycles. The lowest BCUT2D eigenvalue weighted by molar-refractivity contribution is -0.146. The van der Waals surface area contributed by atoms with E-state index in [1.165, 1.54) is 0 Å². The van der Waals surface area contributed by atoms with Crippen LogP contribution in [0, 0.1) is 11.6 Å². The summed E-state index contributed by atoms with van der Waals surface area (Å²) >= 11 is 2.85. The van der Waals surface area contributed by atoms with E-state index in [0.717, 1.165) is 18.2 Å². The van der Waals surface area contributed by atoms with Crippen LogP contribution < -0.4 is 4.74 Å². The van der Waals surface area contributed by atoms with E-state index in [1.54, 1.807) is 6.92 Å². The fraction of sp³-hybridized carbons (Fsp3) is 0.300. The Morgan fingerprint density at radius 1 is 1.50 bits per heavy atom. The van der Waals surface area contributed by atoms with Crippen molar-refractivity contribution in [1.29, 1.82) is 0 Å². The van der Waals surface area contributed by atoms with E-state index in [-0.39, 0.29) is 12.4 Å². The molecule has 6 heteroatoms. The number of alkyl halides is 1. The first-order valence-electron chi connectivity index (χ1n) is 4.47. The van der Waals surface area contributed by atoms with Crippen LogP contribution in [-0.2, 0) is 9.53 Å². The van der Waals surface area contributed by atoms with Crippen molar-refractivity contribution in [2.75, 3.05) is 6.61 Å². The highest BCUT2D eigenvalue weighted by molar-refractivity contribution is 9.09. The molecule has 0 aliphatic carbocycles. The molecular formula is C10H9BrF2O3. The van der Waals surface area contributed by atoms with Crippen LogP contribution in [-0.4, -0.2) is 17.6 Å². The quantitative estimate of drug-likeness (QED) is 0.633. The maximum atomic E-state index is 13.1. The van der Waals surface area contributed by atoms with Crippen molar-refractivity contribution in [2.45, 2.75) is 11.9 Å². The van der Waals surface area contributed by atoms with Gasteiger partial charge in [0.15, 0.2) is 11.6 Å². The van der Waals surface area contributed by atoms with E-state index in [4.69, 9.17) is 4.74 Å². The fourth-order valence-corrected chi connectivity index (χ4v) is 1.27. The zero-order valence-corrected chi connectivity index (χ0v) is 9.96. The number of halogens is 3. The Hall–Kier alpha value is -1.17. The van der Waals surface area contributed by atoms with Gasteiger partial charge in [-0.05, 0) is 35.0 Å². The molecule has 0 fully saturated rings. The molecular weight excluding hydrogens is 286 g/mol. The molecule has 0 bridgehead atoms. The van der Waals surface area contributed by atoms with Gasteiger partial charge in [-0.25, -0.2) is 13.6 Å². The van der Waals surface area contributed by atoms with Crippen LogP contribution in [0.15, 0.2) is 18.2 Å². The van der Waals surface area contributed by atoms with E-state index in [0.29, 0.717) is 0 Å². The third-order valence-corrected chi connectivity index (χ3v) is 2.16. The Bertz CT molecular complexity index is 384. The second-order valence-corrected chi connectivity index (χ2v) is 3.59. The van der Waals surface area contributed by atoms with Gasteiger partial charge in [-0.1, -0.05) is 0 Å². The Labute approximate surface area is 99.5 Å². The fourth-order valence-electron chi connectivity index (χ4n) is 0.935. The molecule has 0 aliphatic rings. The van der Waals surface area contributed by atoms with E-state index in [9.17, 15) is 13.6 Å². The Kier molecular flexibility index (Phi) is 4.67. The third kappa shape index (κ3) is 3.44. The molecule has 3 nitrogen and oxygen atoms in total. The summed E-state index contributed by atoms with van der Waals surface area (Å²) in [6.45, 7) is 1.80. The molecule has 0 heterocycles. The summed E-state index contributed by atoms with van der Waals surface area (Å²) in [6.07, 6.45) is 0. The van der Waals surface area contributed by atoms with Gasteiger partial charge in [0.1, 0.15) is 5.82 Å². The Morgan fingerprint density at radius 3 is 2.81 bits per heavy atom. The van der Waals surface area contributed by atoms with Crippen LogP contribution in [0.4, 0.5) is 8.78 Å². The van der Waals surface area contributed by atoms with Crippen LogP contribution in [0.3, 0.4) is 0 Å². The van der Waals surface area contributed by atoms with Crippen molar-refractivity contribution in [3.05, 3.63) is 29.8 Å². The Morgan fingerprint density at radius 2 is 2.19 bits per heavy atom. The highest BCUT2D eigenvalue weighted by Crippen LogP contribution is 2.21. The maximum Gasteiger partial charge on any atom is 0.358 e. The molecule has 0 radical (unpaired) electrons. The number of hydrogen-bond donors (Lipinski definition) is 0. The molecule has 1 atom stereocenters. The second-order valence-electron chi connectivity index (χ2n) is 2.76. The average molecular weight is 295 g/mol. The molecule has 0 saturated carbocycles. The van der Waals surface area contributed by atoms with Gasteiger partial charge in [0.05, 0.1) is 6.61 Å². The summed E-state index contributed by atoms with van der Waals surface area (Å²) < 4.78 is 35.4. The number of hydrogen-bond acceptors (Lipinski definition) is 3. The molecule has 16 heavy (non-hydrogen) atoms. The first-order chi connectivity index (χ1) is 7.54. The SMILES string of the molecule is CCOC(=O)C(Br)Oc1cc(F)ccc1F. The minimum Gasteiger partial charge on any atom is -0.464 e. The lowest BCUT2D eigenvalue weighted by Gasteiger charge is -2.12. The van der Waals surface area contributed by atoms with Crippen molar-refractivity contribution >= 4 is 21.9 Å². The summed E-state index contributed by atoms with van der Waals surface area (Å²) in [5.74, 6) is -2.46. The van der Waals surface area contributed by atoms with Gasteiger partial charge in [-0.15, -0.1) is 0 Å². The van der Waals surface area contributed by atoms with Crippen LogP contribution in [0.25, 0.3) is 0 Å². The molecule has 0 saturated heterocycles. The molecule has 0 N–H and O–H groups in total. The minimum absolute atomic E-state index is 0.177. The van der Waals surface area contributed by atoms with Gasteiger partial charge in [0.25, 0.3) is 0 Å². The lowest BCUT2D eigenvalue weighted by Crippen LogP contribution is -2.23. The van der Waals surface area contributed by atoms with Crippen LogP contribution >= 0.6 is 15.9 Å². The van der Waals surface area contributed by atoms with Crippen LogP contribution in [0.1, 0.15) is 6.92 Å². The molecule has 1 unspecified atom stereocenters. The smallest absolute Gasteiger partial charge is 0.358 e. The summed E-state index contributed by atoms with van der Waals surface area (Å²) in [6, 6.07) is 2.72. The van der Waals surface area contributed by atoms with Gasteiger partial charge in [0, 0.05) is 6.07 Å². The van der Waals surface area contributed by atoms with Crippen molar-refractivity contribution in [3.8, 4) is 5.75 Å². The Balaban J connectivity index is 2.72. The number of ether oxygens (including phenoxy) is 2. The maximum absolute atomic E-state index is 13.1. The molecule has 0 amide bonds. The number of esters is 1. The molecule has 88 valence electrons. The molecule has 1 rings (SSSR count). The van der Waals surface area contributed by atoms with Gasteiger partial charge in [0.2, 0.25) is 5.01 Å². The highest BCUT2D eigenvalue weighted by atomic mass is 79.9. The van der Waals surface area contributed by atoms with Gasteiger partial charge < -0.3 is 9.47 Å². The first-order valence-corrected chi connectivity index (χ1v) is 5.38. The average Bonchev–Trinajstić information content (AvgIpc) is 2.23. The van der Waals surface area contributed by atoms with Gasteiger partial charge >= 0.3 is 5.97 Å². The molecule has 0 spiro atoms. The van der Waals surface area contributed by atoms with Crippen molar-refractivity contribution < 1.29 is 23.0 Å². The lowest BCUT2D eigenvalue weighted by atomic mass is 10.3. The predicted molar refractivity (Wildman–Crippen MR) is 56.3 cm³/mol. The van der Waals surface area contributed by atoms with E-state index in [1.807, 2.05) is 0 Å². The molecule has 0 aromatic heterocycles. The first kappa shape index (κ1) is 12.9. The third-order valence-electron chi connectivity index (χ3n) is 1.60. The number of benzene rings is 1. The number of rotatable bonds is 4. The van der Waals surface area contributed by atoms with E-state index < -0.39 is 22.6 Å². The van der Waals surface area contributed by atoms with Crippen LogP contribution in [0.5, 0.6) is 5.75 Å². The topological polar surface area (TPSA) is 35.5 Å². The standard InChI is InChI=1S/C10H9BrF2O3/c1-2-15-10(14)9(11)16-8-5-6(12)3-4-7(8)13/h3-5,9H,2H2,1H3. The molecule has 1 aromatic rings. The summed E-state index contributed by atoms with van der Waals surface area (Å²) in [4.78, 5) is 11.1. The molecule has 1 aromatic carbocycles. The van der Waals surface area contributed by atoms with E-state index in [2.05, 4.69) is 20.7 Å². The summed E-state index contributed by atoms with van der Waals surface area (Å²) in [5, 5.41) is -1.16. The second kappa shape index (κ2) is 5.79. The predicted octanol–water partition coefficient (Wildman–Crippen LogP) is 2.63. The largest absolute Gasteiger partial charge is 0.464 e. The zero-order chi connectivity index (χ0) is 12.1. The van der Waals surface area contributed by atoms with Crippen molar-refractivity contribution in [3.63, 3.8) is 0 Å². The van der Waals surface area contributed by atoms with Gasteiger partial charge in [-0.2, -0.15) is 0 Å². The minimum atomic E-state index is -1.16. The monoisotopic (exact) mass is 294 g/mol. The van der Waals surface area contributed by atoms with Gasteiger partial charge in [-0.3, -0.25) is 0 Å². The zero-order valence-electron chi connectivity index (χ0n) is 8.38. The highest BCUT2D eigenvalue weighted by Gasteiger charge is 2.19. The number of carbonyl (C=O) groups excluding carboxylic acids is 1. The summed E-state index contributed by atoms with van der Waals surface area (Å²) in [5.41, 5.74) is 0. The van der Waals surface area contributed by atoms with Crippen molar-refractivity contribution in [2.24, 2.45) is 0 Å².